The molecule has 128 valence electrons. The standard InChI is InChI=1S/C18H14Cl2N2O3/c19-10-6-4-9(5-7-10)16-12-3-1-2-11(12)15-17(21-16)14(23)8-13(20)18(15)22(24)25/h1-2,4-8,11-12,16,21,23H,3H2/t11-,12+,16-/m0/s1. The van der Waals surface area contributed by atoms with Gasteiger partial charge in [-0.25, -0.2) is 0 Å². The topological polar surface area (TPSA) is 75.4 Å². The number of allylic oxidation sites excluding steroid dienone is 2. The van der Waals surface area contributed by atoms with Gasteiger partial charge >= 0.3 is 0 Å². The molecule has 0 saturated heterocycles. The molecule has 0 bridgehead atoms. The Kier molecular flexibility index (Phi) is 3.85. The molecule has 1 heterocycles. The summed E-state index contributed by atoms with van der Waals surface area (Å²) in [5, 5.41) is 25.8. The van der Waals surface area contributed by atoms with Crippen molar-refractivity contribution in [3.63, 3.8) is 0 Å². The zero-order valence-corrected chi connectivity index (χ0v) is 14.5. The van der Waals surface area contributed by atoms with Gasteiger partial charge in [0.25, 0.3) is 5.69 Å². The Bertz CT molecular complexity index is 896. The SMILES string of the molecule is O=[N+]([O-])c1c(Cl)cc(O)c2c1[C@H]1C=CC[C@H]1[C@H](c1ccc(Cl)cc1)N2. The van der Waals surface area contributed by atoms with Gasteiger partial charge in [-0.3, -0.25) is 10.1 Å². The van der Waals surface area contributed by atoms with Crippen molar-refractivity contribution < 1.29 is 10.0 Å². The molecule has 2 aromatic carbocycles. The van der Waals surface area contributed by atoms with E-state index >= 15 is 0 Å². The normalized spacial score (nSPS) is 23.7. The van der Waals surface area contributed by atoms with Crippen LogP contribution in [0.1, 0.15) is 29.5 Å². The van der Waals surface area contributed by atoms with Crippen LogP contribution in [0.5, 0.6) is 5.75 Å². The second kappa shape index (κ2) is 5.93. The van der Waals surface area contributed by atoms with Gasteiger partial charge < -0.3 is 10.4 Å². The smallest absolute Gasteiger partial charge is 0.293 e. The van der Waals surface area contributed by atoms with Crippen LogP contribution in [-0.2, 0) is 0 Å². The fourth-order valence-electron chi connectivity index (χ4n) is 3.90. The molecule has 7 heteroatoms. The summed E-state index contributed by atoms with van der Waals surface area (Å²) in [5.41, 5.74) is 1.71. The molecule has 0 radical (unpaired) electrons. The molecule has 2 N–H and O–H groups in total. The minimum absolute atomic E-state index is 0.0490. The minimum Gasteiger partial charge on any atom is -0.506 e. The van der Waals surface area contributed by atoms with E-state index < -0.39 is 4.92 Å². The fourth-order valence-corrected chi connectivity index (χ4v) is 4.30. The number of fused-ring (bicyclic) bond motifs is 3. The molecular weight excluding hydrogens is 363 g/mol. The van der Waals surface area contributed by atoms with Crippen molar-refractivity contribution in [2.45, 2.75) is 18.4 Å². The first-order valence-electron chi connectivity index (χ1n) is 7.85. The predicted molar refractivity (Wildman–Crippen MR) is 97.6 cm³/mol. The third kappa shape index (κ3) is 2.55. The van der Waals surface area contributed by atoms with Gasteiger partial charge in [-0.15, -0.1) is 0 Å². The molecule has 2 aromatic rings. The lowest BCUT2D eigenvalue weighted by Crippen LogP contribution is -2.29. The van der Waals surface area contributed by atoms with Crippen molar-refractivity contribution in [2.24, 2.45) is 5.92 Å². The number of nitro benzene ring substituents is 1. The summed E-state index contributed by atoms with van der Waals surface area (Å²) in [7, 11) is 0. The van der Waals surface area contributed by atoms with Crippen LogP contribution in [0.15, 0.2) is 42.5 Å². The quantitative estimate of drug-likeness (QED) is 0.317. The first-order chi connectivity index (χ1) is 12.0. The second-order valence-electron chi connectivity index (χ2n) is 6.30. The van der Waals surface area contributed by atoms with E-state index in [0.29, 0.717) is 16.3 Å². The van der Waals surface area contributed by atoms with Gasteiger partial charge in [0, 0.05) is 17.0 Å². The minimum atomic E-state index is -0.478. The molecule has 2 aliphatic rings. The fraction of sp³-hybridized carbons (Fsp3) is 0.222. The summed E-state index contributed by atoms with van der Waals surface area (Å²) in [4.78, 5) is 11.1. The molecule has 0 saturated carbocycles. The van der Waals surface area contributed by atoms with Gasteiger partial charge in [-0.05, 0) is 30.0 Å². The van der Waals surface area contributed by atoms with E-state index in [0.717, 1.165) is 12.0 Å². The summed E-state index contributed by atoms with van der Waals surface area (Å²) in [5.74, 6) is -0.157. The van der Waals surface area contributed by atoms with Crippen molar-refractivity contribution >= 4 is 34.6 Å². The number of hydrogen-bond acceptors (Lipinski definition) is 4. The number of aromatic hydroxyl groups is 1. The van der Waals surface area contributed by atoms with Crippen molar-refractivity contribution in [2.75, 3.05) is 5.32 Å². The van der Waals surface area contributed by atoms with Crippen LogP contribution in [0.2, 0.25) is 10.0 Å². The Labute approximate surface area is 154 Å². The van der Waals surface area contributed by atoms with Gasteiger partial charge in [0.1, 0.15) is 10.8 Å². The molecule has 4 rings (SSSR count). The first-order valence-corrected chi connectivity index (χ1v) is 8.61. The summed E-state index contributed by atoms with van der Waals surface area (Å²) >= 11 is 12.0. The second-order valence-corrected chi connectivity index (χ2v) is 7.14. The Morgan fingerprint density at radius 1 is 1.24 bits per heavy atom. The molecule has 0 spiro atoms. The molecule has 0 amide bonds. The molecule has 0 aromatic heterocycles. The Hall–Kier alpha value is -2.24. The van der Waals surface area contributed by atoms with E-state index in [9.17, 15) is 15.2 Å². The Morgan fingerprint density at radius 3 is 2.64 bits per heavy atom. The monoisotopic (exact) mass is 376 g/mol. The Morgan fingerprint density at radius 2 is 1.96 bits per heavy atom. The zero-order valence-electron chi connectivity index (χ0n) is 12.9. The highest BCUT2D eigenvalue weighted by molar-refractivity contribution is 6.33. The molecule has 1 aliphatic carbocycles. The number of phenolic OH excluding ortho intramolecular Hbond substituents is 1. The van der Waals surface area contributed by atoms with E-state index in [1.807, 2.05) is 36.4 Å². The molecule has 0 unspecified atom stereocenters. The maximum Gasteiger partial charge on any atom is 0.293 e. The molecule has 5 nitrogen and oxygen atoms in total. The first kappa shape index (κ1) is 16.2. The zero-order chi connectivity index (χ0) is 17.7. The number of rotatable bonds is 2. The number of anilines is 1. The van der Waals surface area contributed by atoms with E-state index in [4.69, 9.17) is 23.2 Å². The average molecular weight is 377 g/mol. The molecule has 3 atom stereocenters. The van der Waals surface area contributed by atoms with Crippen molar-refractivity contribution in [1.29, 1.82) is 0 Å². The molecule has 1 aliphatic heterocycles. The van der Waals surface area contributed by atoms with Crippen molar-refractivity contribution in [3.8, 4) is 5.75 Å². The van der Waals surface area contributed by atoms with Gasteiger partial charge in [0.15, 0.2) is 0 Å². The number of nitrogens with one attached hydrogen (secondary N) is 1. The highest BCUT2D eigenvalue weighted by Crippen LogP contribution is 2.56. The third-order valence-corrected chi connectivity index (χ3v) is 5.50. The third-order valence-electron chi connectivity index (χ3n) is 4.96. The van der Waals surface area contributed by atoms with Crippen molar-refractivity contribution in [1.82, 2.24) is 0 Å². The lowest BCUT2D eigenvalue weighted by molar-refractivity contribution is -0.385. The number of benzene rings is 2. The van der Waals surface area contributed by atoms with E-state index in [1.165, 1.54) is 6.07 Å². The number of nitrogens with zero attached hydrogens (tertiary/aromatic N) is 1. The predicted octanol–water partition coefficient (Wildman–Crippen LogP) is 5.43. The summed E-state index contributed by atoms with van der Waals surface area (Å²) in [6.45, 7) is 0. The van der Waals surface area contributed by atoms with Crippen LogP contribution in [0.4, 0.5) is 11.4 Å². The highest BCUT2D eigenvalue weighted by Gasteiger charge is 2.43. The molecule has 25 heavy (non-hydrogen) atoms. The van der Waals surface area contributed by atoms with E-state index in [2.05, 4.69) is 5.32 Å². The highest BCUT2D eigenvalue weighted by atomic mass is 35.5. The van der Waals surface area contributed by atoms with Crippen LogP contribution in [0.3, 0.4) is 0 Å². The van der Waals surface area contributed by atoms with E-state index in [1.54, 1.807) is 0 Å². The van der Waals surface area contributed by atoms with Gasteiger partial charge in [-0.2, -0.15) is 0 Å². The van der Waals surface area contributed by atoms with Crippen LogP contribution in [0.25, 0.3) is 0 Å². The van der Waals surface area contributed by atoms with Crippen LogP contribution < -0.4 is 5.32 Å². The summed E-state index contributed by atoms with van der Waals surface area (Å²) in [6, 6.07) is 8.63. The van der Waals surface area contributed by atoms with Crippen LogP contribution in [0, 0.1) is 16.0 Å². The largest absolute Gasteiger partial charge is 0.506 e. The number of phenols is 1. The maximum atomic E-state index is 11.6. The van der Waals surface area contributed by atoms with Crippen LogP contribution in [-0.4, -0.2) is 10.0 Å². The van der Waals surface area contributed by atoms with Gasteiger partial charge in [-0.1, -0.05) is 47.5 Å². The van der Waals surface area contributed by atoms with Crippen LogP contribution >= 0.6 is 23.2 Å². The molecule has 0 fully saturated rings. The molecular formula is C18H14Cl2N2O3. The van der Waals surface area contributed by atoms with Crippen molar-refractivity contribution in [3.05, 3.63) is 73.8 Å². The number of halogens is 2. The number of nitro groups is 1. The lowest BCUT2D eigenvalue weighted by atomic mass is 9.76. The van der Waals surface area contributed by atoms with Gasteiger partial charge in [0.05, 0.1) is 22.2 Å². The summed E-state index contributed by atoms with van der Waals surface area (Å²) < 4.78 is 0. The maximum absolute atomic E-state index is 11.6. The number of hydrogen-bond donors (Lipinski definition) is 2. The average Bonchev–Trinajstić information content (AvgIpc) is 3.04. The lowest BCUT2D eigenvalue weighted by Gasteiger charge is -2.37. The van der Waals surface area contributed by atoms with Gasteiger partial charge in [0.2, 0.25) is 0 Å². The van der Waals surface area contributed by atoms with E-state index in [-0.39, 0.29) is 34.3 Å². The Balaban J connectivity index is 1.89. The summed E-state index contributed by atoms with van der Waals surface area (Å²) in [6.07, 6.45) is 4.78.